The predicted molar refractivity (Wildman–Crippen MR) is 114 cm³/mol. The number of morpholine rings is 1. The van der Waals surface area contributed by atoms with Gasteiger partial charge in [-0.2, -0.15) is 0 Å². The second-order valence-electron chi connectivity index (χ2n) is 7.65. The van der Waals surface area contributed by atoms with Crippen LogP contribution in [0.5, 0.6) is 0 Å². The molecule has 0 radical (unpaired) electrons. The van der Waals surface area contributed by atoms with Crippen LogP contribution in [0, 0.1) is 0 Å². The van der Waals surface area contributed by atoms with Crippen LogP contribution < -0.4 is 4.90 Å². The smallest absolute Gasteiger partial charge is 0.290 e. The number of hydrogen-bond donors (Lipinski definition) is 1. The molecule has 1 amide bonds. The van der Waals surface area contributed by atoms with Crippen LogP contribution in [-0.4, -0.2) is 54.5 Å². The maximum Gasteiger partial charge on any atom is 0.290 e. The van der Waals surface area contributed by atoms with E-state index in [9.17, 15) is 14.7 Å². The van der Waals surface area contributed by atoms with Crippen LogP contribution in [0.25, 0.3) is 0 Å². The van der Waals surface area contributed by atoms with E-state index >= 15 is 0 Å². The van der Waals surface area contributed by atoms with E-state index in [1.54, 1.807) is 4.90 Å². The van der Waals surface area contributed by atoms with Crippen LogP contribution in [0.15, 0.2) is 65.9 Å². The van der Waals surface area contributed by atoms with E-state index in [4.69, 9.17) is 4.74 Å². The van der Waals surface area contributed by atoms with Crippen LogP contribution in [0.4, 0.5) is 5.69 Å². The Labute approximate surface area is 176 Å². The van der Waals surface area contributed by atoms with Crippen molar-refractivity contribution < 1.29 is 19.4 Å². The summed E-state index contributed by atoms with van der Waals surface area (Å²) in [5.41, 5.74) is 3.18. The lowest BCUT2D eigenvalue weighted by molar-refractivity contribution is -0.129. The predicted octanol–water partition coefficient (Wildman–Crippen LogP) is 3.05. The molecule has 2 aliphatic heterocycles. The fraction of sp³-hybridized carbons (Fsp3) is 0.333. The number of amides is 1. The molecule has 2 aromatic rings. The van der Waals surface area contributed by atoms with Gasteiger partial charge in [-0.15, -0.1) is 0 Å². The van der Waals surface area contributed by atoms with E-state index in [0.717, 1.165) is 29.9 Å². The van der Waals surface area contributed by atoms with Gasteiger partial charge in [-0.1, -0.05) is 42.5 Å². The van der Waals surface area contributed by atoms with Gasteiger partial charge in [0.2, 0.25) is 0 Å². The van der Waals surface area contributed by atoms with Crippen LogP contribution in [0.3, 0.4) is 0 Å². The molecule has 2 aromatic carbocycles. The van der Waals surface area contributed by atoms with Crippen molar-refractivity contribution in [1.82, 2.24) is 4.90 Å². The van der Waals surface area contributed by atoms with Gasteiger partial charge in [-0.3, -0.25) is 9.59 Å². The summed E-state index contributed by atoms with van der Waals surface area (Å²) in [7, 11) is 0. The standard InChI is InChI=1S/C24H26N2O4/c1-17(27)21-22(19-7-9-20(10-8-19)25-13-15-30-16-14-25)26(24(29)23(21)28)12-11-18-5-3-2-4-6-18/h2-10,22,28H,11-16H2,1H3. The lowest BCUT2D eigenvalue weighted by Crippen LogP contribution is -2.36. The molecule has 0 bridgehead atoms. The molecule has 1 N–H and O–H groups in total. The number of ether oxygens (including phenoxy) is 1. The Balaban J connectivity index is 1.60. The summed E-state index contributed by atoms with van der Waals surface area (Å²) in [6.07, 6.45) is 0.646. The van der Waals surface area contributed by atoms with Crippen molar-refractivity contribution in [2.45, 2.75) is 19.4 Å². The summed E-state index contributed by atoms with van der Waals surface area (Å²) in [6.45, 7) is 4.90. The van der Waals surface area contributed by atoms with E-state index < -0.39 is 17.7 Å². The summed E-state index contributed by atoms with van der Waals surface area (Å²) >= 11 is 0. The Morgan fingerprint density at radius 1 is 1.07 bits per heavy atom. The third-order valence-electron chi connectivity index (χ3n) is 5.75. The summed E-state index contributed by atoms with van der Waals surface area (Å²) in [5.74, 6) is -1.21. The minimum absolute atomic E-state index is 0.173. The first-order valence-electron chi connectivity index (χ1n) is 10.3. The molecule has 2 aliphatic rings. The second kappa shape index (κ2) is 8.71. The Morgan fingerprint density at radius 2 is 1.73 bits per heavy atom. The van der Waals surface area contributed by atoms with Gasteiger partial charge in [0.05, 0.1) is 24.8 Å². The van der Waals surface area contributed by atoms with Crippen molar-refractivity contribution in [3.8, 4) is 0 Å². The molecule has 6 heteroatoms. The molecule has 0 spiro atoms. The van der Waals surface area contributed by atoms with E-state index in [1.807, 2.05) is 54.6 Å². The van der Waals surface area contributed by atoms with E-state index in [1.165, 1.54) is 6.92 Å². The van der Waals surface area contributed by atoms with E-state index in [0.29, 0.717) is 26.2 Å². The Hall–Kier alpha value is -3.12. The number of anilines is 1. The average molecular weight is 406 g/mol. The first-order valence-corrected chi connectivity index (χ1v) is 10.3. The summed E-state index contributed by atoms with van der Waals surface area (Å²) in [6, 6.07) is 17.2. The first-order chi connectivity index (χ1) is 14.6. The van der Waals surface area contributed by atoms with Gasteiger partial charge in [-0.25, -0.2) is 0 Å². The van der Waals surface area contributed by atoms with Crippen molar-refractivity contribution in [2.24, 2.45) is 0 Å². The zero-order valence-corrected chi connectivity index (χ0v) is 17.1. The lowest BCUT2D eigenvalue weighted by Gasteiger charge is -2.30. The first kappa shape index (κ1) is 20.2. The molecule has 6 nitrogen and oxygen atoms in total. The minimum atomic E-state index is -0.572. The Bertz CT molecular complexity index is 947. The third kappa shape index (κ3) is 3.96. The van der Waals surface area contributed by atoms with Crippen LogP contribution in [0.1, 0.15) is 24.1 Å². The van der Waals surface area contributed by atoms with E-state index in [-0.39, 0.29) is 11.4 Å². The molecule has 1 unspecified atom stereocenters. The van der Waals surface area contributed by atoms with Crippen LogP contribution in [0.2, 0.25) is 0 Å². The maximum absolute atomic E-state index is 12.8. The topological polar surface area (TPSA) is 70.1 Å². The second-order valence-corrected chi connectivity index (χ2v) is 7.65. The lowest BCUT2D eigenvalue weighted by atomic mass is 9.96. The third-order valence-corrected chi connectivity index (χ3v) is 5.75. The van der Waals surface area contributed by atoms with Crippen molar-refractivity contribution in [2.75, 3.05) is 37.7 Å². The van der Waals surface area contributed by atoms with Crippen molar-refractivity contribution >= 4 is 17.4 Å². The number of nitrogens with zero attached hydrogens (tertiary/aromatic N) is 2. The number of carbonyl (C=O) groups is 2. The van der Waals surface area contributed by atoms with Crippen LogP contribution >= 0.6 is 0 Å². The number of hydrogen-bond acceptors (Lipinski definition) is 5. The molecule has 156 valence electrons. The van der Waals surface area contributed by atoms with Crippen molar-refractivity contribution in [1.29, 1.82) is 0 Å². The monoisotopic (exact) mass is 406 g/mol. The number of aliphatic hydroxyl groups excluding tert-OH is 1. The molecule has 2 heterocycles. The summed E-state index contributed by atoms with van der Waals surface area (Å²) < 4.78 is 5.41. The maximum atomic E-state index is 12.8. The van der Waals surface area contributed by atoms with Gasteiger partial charge < -0.3 is 19.6 Å². The van der Waals surface area contributed by atoms with Gasteiger partial charge >= 0.3 is 0 Å². The number of Topliss-reactive ketones (excluding diaryl/α,β-unsaturated/α-hetero) is 1. The fourth-order valence-corrected chi connectivity index (χ4v) is 4.17. The number of rotatable bonds is 6. The molecule has 4 rings (SSSR count). The quantitative estimate of drug-likeness (QED) is 0.799. The highest BCUT2D eigenvalue weighted by Gasteiger charge is 2.42. The molecule has 0 saturated carbocycles. The molecular weight excluding hydrogens is 380 g/mol. The van der Waals surface area contributed by atoms with Crippen molar-refractivity contribution in [3.63, 3.8) is 0 Å². The SMILES string of the molecule is CC(=O)C1=C(O)C(=O)N(CCc2ccccc2)C1c1ccc(N2CCOCC2)cc1. The van der Waals surface area contributed by atoms with Gasteiger partial charge in [0.25, 0.3) is 5.91 Å². The molecule has 1 saturated heterocycles. The Morgan fingerprint density at radius 3 is 2.37 bits per heavy atom. The van der Waals surface area contributed by atoms with Gasteiger partial charge in [0.15, 0.2) is 11.5 Å². The molecule has 1 atom stereocenters. The number of carbonyl (C=O) groups excluding carboxylic acids is 2. The number of aliphatic hydroxyl groups is 1. The highest BCUT2D eigenvalue weighted by molar-refractivity contribution is 6.08. The normalized spacial score (nSPS) is 19.5. The fourth-order valence-electron chi connectivity index (χ4n) is 4.17. The number of benzene rings is 2. The van der Waals surface area contributed by atoms with Crippen molar-refractivity contribution in [3.05, 3.63) is 77.1 Å². The molecule has 30 heavy (non-hydrogen) atoms. The Kier molecular flexibility index (Phi) is 5.86. The highest BCUT2D eigenvalue weighted by Crippen LogP contribution is 2.38. The zero-order chi connectivity index (χ0) is 21.1. The average Bonchev–Trinajstić information content (AvgIpc) is 3.04. The van der Waals surface area contributed by atoms with Gasteiger partial charge in [0.1, 0.15) is 0 Å². The summed E-state index contributed by atoms with van der Waals surface area (Å²) in [5, 5.41) is 10.4. The van der Waals surface area contributed by atoms with Crippen LogP contribution in [-0.2, 0) is 20.7 Å². The molecular formula is C24H26N2O4. The zero-order valence-electron chi connectivity index (χ0n) is 17.1. The number of ketones is 1. The van der Waals surface area contributed by atoms with Gasteiger partial charge in [-0.05, 0) is 36.6 Å². The molecule has 0 aliphatic carbocycles. The summed E-state index contributed by atoms with van der Waals surface area (Å²) in [4.78, 5) is 28.9. The van der Waals surface area contributed by atoms with E-state index in [2.05, 4.69) is 4.90 Å². The minimum Gasteiger partial charge on any atom is -0.503 e. The largest absolute Gasteiger partial charge is 0.503 e. The van der Waals surface area contributed by atoms with Gasteiger partial charge in [0, 0.05) is 25.3 Å². The molecule has 0 aromatic heterocycles. The highest BCUT2D eigenvalue weighted by atomic mass is 16.5. The molecule has 1 fully saturated rings.